The lowest BCUT2D eigenvalue weighted by Gasteiger charge is -2.13. The zero-order chi connectivity index (χ0) is 7.11. The maximum Gasteiger partial charge on any atom is 0.102 e. The molecule has 9 heavy (non-hydrogen) atoms. The van der Waals surface area contributed by atoms with Crippen molar-refractivity contribution in [3.05, 3.63) is 0 Å². The van der Waals surface area contributed by atoms with Crippen LogP contribution in [0.25, 0.3) is 0 Å². The van der Waals surface area contributed by atoms with Crippen molar-refractivity contribution < 1.29 is 4.74 Å². The molecule has 0 aliphatic carbocycles. The first-order valence-electron chi connectivity index (χ1n) is 3.24. The smallest absolute Gasteiger partial charge is 0.102 e. The molecule has 3 heteroatoms. The normalized spacial score (nSPS) is 17.3. The molecular formula is C6H13NOS. The highest BCUT2D eigenvalue weighted by Crippen LogP contribution is 1.82. The first-order valence-corrected chi connectivity index (χ1v) is 3.65. The van der Waals surface area contributed by atoms with Gasteiger partial charge in [-0.15, -0.1) is 0 Å². The minimum absolute atomic E-state index is 0.606. The van der Waals surface area contributed by atoms with E-state index in [2.05, 4.69) is 5.32 Å². The fraction of sp³-hybridized carbons (Fsp3) is 0.833. The van der Waals surface area contributed by atoms with Gasteiger partial charge in [0.1, 0.15) is 4.99 Å². The summed E-state index contributed by atoms with van der Waals surface area (Å²) in [6, 6.07) is 0. The van der Waals surface area contributed by atoms with E-state index in [4.69, 9.17) is 17.0 Å². The maximum absolute atomic E-state index is 4.98. The van der Waals surface area contributed by atoms with Gasteiger partial charge in [-0.25, -0.2) is 0 Å². The molecule has 0 radical (unpaired) electrons. The van der Waals surface area contributed by atoms with Crippen LogP contribution in [0.2, 0.25) is 0 Å². The number of ether oxygens (including phenoxy) is 1. The Hall–Kier alpha value is -0.150. The van der Waals surface area contributed by atoms with Crippen LogP contribution in [-0.4, -0.2) is 24.7 Å². The molecule has 0 aromatic carbocycles. The average molecular weight is 147 g/mol. The molecule has 0 aromatic rings. The van der Waals surface area contributed by atoms with Crippen molar-refractivity contribution in [2.45, 2.75) is 13.8 Å². The quantitative estimate of drug-likeness (QED) is 0.516. The van der Waals surface area contributed by atoms with Crippen LogP contribution in [0.1, 0.15) is 13.8 Å². The number of rotatable bonds is 0. The summed E-state index contributed by atoms with van der Waals surface area (Å²) in [5, 5.41) is 2.99. The summed E-state index contributed by atoms with van der Waals surface area (Å²) in [6.45, 7) is 6.27. The molecule has 1 rings (SSSR count). The van der Waals surface area contributed by atoms with Gasteiger partial charge in [0.05, 0.1) is 13.2 Å². The number of nitrogens with one attached hydrogen (secondary N) is 1. The molecule has 0 bridgehead atoms. The van der Waals surface area contributed by atoms with Crippen molar-refractivity contribution in [2.75, 3.05) is 19.8 Å². The third kappa shape index (κ3) is 4.36. The third-order valence-electron chi connectivity index (χ3n) is 0.802. The van der Waals surface area contributed by atoms with Crippen molar-refractivity contribution in [1.82, 2.24) is 5.32 Å². The summed E-state index contributed by atoms with van der Waals surface area (Å²) in [5.41, 5.74) is 0. The number of hydrogen-bond acceptors (Lipinski definition) is 2. The summed E-state index contributed by atoms with van der Waals surface area (Å²) in [7, 11) is 0. The highest BCUT2D eigenvalue weighted by molar-refractivity contribution is 7.80. The number of morpholine rings is 1. The lowest BCUT2D eigenvalue weighted by Crippen LogP contribution is -2.35. The Morgan fingerprint density at radius 3 is 2.44 bits per heavy atom. The predicted molar refractivity (Wildman–Crippen MR) is 42.8 cm³/mol. The predicted octanol–water partition coefficient (Wildman–Crippen LogP) is 0.960. The standard InChI is InChI=1S/C4H7NOS.C2H6/c7-4-3-6-2-1-5-4;1-2/h1-3H2,(H,5,7);1-2H3. The van der Waals surface area contributed by atoms with Crippen LogP contribution >= 0.6 is 12.2 Å². The molecule has 0 aromatic heterocycles. The molecule has 0 atom stereocenters. The summed E-state index contributed by atoms with van der Waals surface area (Å²) >= 11 is 4.77. The largest absolute Gasteiger partial charge is 0.375 e. The summed E-state index contributed by atoms with van der Waals surface area (Å²) in [6.07, 6.45) is 0. The van der Waals surface area contributed by atoms with Crippen LogP contribution in [0, 0.1) is 0 Å². The maximum atomic E-state index is 4.98. The van der Waals surface area contributed by atoms with E-state index >= 15 is 0 Å². The Morgan fingerprint density at radius 2 is 2.22 bits per heavy atom. The van der Waals surface area contributed by atoms with Crippen LogP contribution in [0.4, 0.5) is 0 Å². The Bertz CT molecular complexity index is 77.1. The minimum Gasteiger partial charge on any atom is -0.375 e. The molecule has 0 amide bonds. The summed E-state index contributed by atoms with van der Waals surface area (Å²) in [4.78, 5) is 0.825. The second-order valence-corrected chi connectivity index (χ2v) is 1.90. The van der Waals surface area contributed by atoms with Gasteiger partial charge in [-0.3, -0.25) is 0 Å². The molecule has 0 unspecified atom stereocenters. The van der Waals surface area contributed by atoms with E-state index in [0.29, 0.717) is 6.61 Å². The summed E-state index contributed by atoms with van der Waals surface area (Å²) < 4.78 is 4.98. The monoisotopic (exact) mass is 147 g/mol. The van der Waals surface area contributed by atoms with Crippen molar-refractivity contribution in [1.29, 1.82) is 0 Å². The molecule has 0 saturated carbocycles. The Morgan fingerprint density at radius 1 is 1.56 bits per heavy atom. The first kappa shape index (κ1) is 8.85. The second kappa shape index (κ2) is 5.98. The lowest BCUT2D eigenvalue weighted by atomic mass is 10.5. The van der Waals surface area contributed by atoms with Crippen molar-refractivity contribution in [2.24, 2.45) is 0 Å². The van der Waals surface area contributed by atoms with Gasteiger partial charge in [-0.2, -0.15) is 0 Å². The Kier molecular flexibility index (Phi) is 5.88. The Labute approximate surface area is 61.6 Å². The second-order valence-electron chi connectivity index (χ2n) is 1.40. The van der Waals surface area contributed by atoms with Crippen molar-refractivity contribution in [3.8, 4) is 0 Å². The van der Waals surface area contributed by atoms with Gasteiger partial charge in [0.25, 0.3) is 0 Å². The topological polar surface area (TPSA) is 21.3 Å². The number of thiocarbonyl (C=S) groups is 1. The highest BCUT2D eigenvalue weighted by Gasteiger charge is 2.00. The van der Waals surface area contributed by atoms with E-state index in [-0.39, 0.29) is 0 Å². The van der Waals surface area contributed by atoms with Crippen LogP contribution in [0.5, 0.6) is 0 Å². The third-order valence-corrected chi connectivity index (χ3v) is 1.06. The zero-order valence-electron chi connectivity index (χ0n) is 5.94. The molecular weight excluding hydrogens is 134 g/mol. The molecule has 2 nitrogen and oxygen atoms in total. The zero-order valence-corrected chi connectivity index (χ0v) is 6.75. The fourth-order valence-electron chi connectivity index (χ4n) is 0.479. The molecule has 0 spiro atoms. The molecule has 1 fully saturated rings. The van der Waals surface area contributed by atoms with E-state index < -0.39 is 0 Å². The van der Waals surface area contributed by atoms with Crippen molar-refractivity contribution >= 4 is 17.2 Å². The van der Waals surface area contributed by atoms with E-state index in [1.165, 1.54) is 0 Å². The van der Waals surface area contributed by atoms with Gasteiger partial charge in [0.2, 0.25) is 0 Å². The lowest BCUT2D eigenvalue weighted by molar-refractivity contribution is 0.161. The first-order chi connectivity index (χ1) is 4.39. The van der Waals surface area contributed by atoms with Crippen LogP contribution in [-0.2, 0) is 4.74 Å². The van der Waals surface area contributed by atoms with E-state index in [9.17, 15) is 0 Å². The van der Waals surface area contributed by atoms with E-state index in [0.717, 1.165) is 18.1 Å². The molecule has 1 aliphatic rings. The molecule has 1 aliphatic heterocycles. The van der Waals surface area contributed by atoms with Crippen LogP contribution in [0.3, 0.4) is 0 Å². The van der Waals surface area contributed by atoms with Gasteiger partial charge in [0, 0.05) is 6.54 Å². The Balaban J connectivity index is 0.000000291. The SMILES string of the molecule is CC.S=C1COCCN1. The molecule has 1 heterocycles. The van der Waals surface area contributed by atoms with Gasteiger partial charge < -0.3 is 10.1 Å². The van der Waals surface area contributed by atoms with E-state index in [1.54, 1.807) is 0 Å². The summed E-state index contributed by atoms with van der Waals surface area (Å²) in [5.74, 6) is 0. The molecule has 1 N–H and O–H groups in total. The van der Waals surface area contributed by atoms with Crippen LogP contribution < -0.4 is 5.32 Å². The highest BCUT2D eigenvalue weighted by atomic mass is 32.1. The average Bonchev–Trinajstić information content (AvgIpc) is 1.94. The van der Waals surface area contributed by atoms with Gasteiger partial charge in [0.15, 0.2) is 0 Å². The molecule has 54 valence electrons. The minimum atomic E-state index is 0.606. The van der Waals surface area contributed by atoms with E-state index in [1.807, 2.05) is 13.8 Å². The van der Waals surface area contributed by atoms with Crippen LogP contribution in [0.15, 0.2) is 0 Å². The fourth-order valence-corrected chi connectivity index (χ4v) is 0.664. The van der Waals surface area contributed by atoms with Gasteiger partial charge in [-0.05, 0) is 0 Å². The van der Waals surface area contributed by atoms with Gasteiger partial charge >= 0.3 is 0 Å². The van der Waals surface area contributed by atoms with Gasteiger partial charge in [-0.1, -0.05) is 26.1 Å². The number of hydrogen-bond donors (Lipinski definition) is 1. The molecule has 1 saturated heterocycles. The van der Waals surface area contributed by atoms with Crippen molar-refractivity contribution in [3.63, 3.8) is 0 Å².